The van der Waals surface area contributed by atoms with E-state index in [4.69, 9.17) is 19.4 Å². The van der Waals surface area contributed by atoms with Crippen LogP contribution in [0.1, 0.15) is 58.9 Å². The lowest BCUT2D eigenvalue weighted by molar-refractivity contribution is -0.118. The molecule has 2 aromatic heterocycles. The summed E-state index contributed by atoms with van der Waals surface area (Å²) in [5.74, 6) is 1.89. The normalized spacial score (nSPS) is 14.2. The zero-order chi connectivity index (χ0) is 23.9. The Morgan fingerprint density at radius 3 is 2.56 bits per heavy atom. The Hall–Kier alpha value is -3.00. The van der Waals surface area contributed by atoms with E-state index in [0.717, 1.165) is 66.5 Å². The molecule has 1 aliphatic heterocycles. The monoisotopic (exact) mass is 465 g/mol. The second-order valence-corrected chi connectivity index (χ2v) is 8.97. The van der Waals surface area contributed by atoms with Gasteiger partial charge in [0.1, 0.15) is 22.7 Å². The summed E-state index contributed by atoms with van der Waals surface area (Å²) in [5, 5.41) is 0. The number of hydrogen-bond donors (Lipinski definition) is 0. The van der Waals surface area contributed by atoms with Crippen LogP contribution >= 0.6 is 0 Å². The number of fused-ring (bicyclic) bond motifs is 1. The van der Waals surface area contributed by atoms with E-state index in [1.54, 1.807) is 0 Å². The number of imidazole rings is 1. The van der Waals surface area contributed by atoms with Gasteiger partial charge in [0.2, 0.25) is 5.95 Å². The Morgan fingerprint density at radius 2 is 1.85 bits per heavy atom. The lowest BCUT2D eigenvalue weighted by Gasteiger charge is -2.27. The third-order valence-corrected chi connectivity index (χ3v) is 6.15. The van der Waals surface area contributed by atoms with E-state index < -0.39 is 0 Å². The van der Waals surface area contributed by atoms with Crippen molar-refractivity contribution in [2.45, 2.75) is 58.9 Å². The van der Waals surface area contributed by atoms with Crippen molar-refractivity contribution in [3.05, 3.63) is 30.6 Å². The number of nitrogens with zero attached hydrogens (tertiary/aromatic N) is 5. The van der Waals surface area contributed by atoms with Crippen LogP contribution in [-0.4, -0.2) is 58.2 Å². The van der Waals surface area contributed by atoms with Gasteiger partial charge in [0.25, 0.3) is 0 Å². The van der Waals surface area contributed by atoms with Crippen LogP contribution in [0.15, 0.2) is 30.6 Å². The number of Topliss-reactive ketones (excluding diaryl/α,β-unsaturated/α-hetero) is 1. The third-order valence-electron chi connectivity index (χ3n) is 6.15. The van der Waals surface area contributed by atoms with Crippen molar-refractivity contribution in [1.29, 1.82) is 0 Å². The number of carbonyl (C=O) groups is 1. The summed E-state index contributed by atoms with van der Waals surface area (Å²) in [7, 11) is 0. The fourth-order valence-corrected chi connectivity index (χ4v) is 4.07. The minimum Gasteiger partial charge on any atom is -0.494 e. The van der Waals surface area contributed by atoms with Crippen LogP contribution in [0.5, 0.6) is 5.75 Å². The van der Waals surface area contributed by atoms with Crippen molar-refractivity contribution in [2.24, 2.45) is 0 Å². The van der Waals surface area contributed by atoms with E-state index in [-0.39, 0.29) is 6.04 Å². The van der Waals surface area contributed by atoms with Gasteiger partial charge in [-0.05, 0) is 57.4 Å². The van der Waals surface area contributed by atoms with E-state index in [1.807, 2.05) is 37.5 Å². The zero-order valence-electron chi connectivity index (χ0n) is 20.5. The number of rotatable bonds is 11. The fourth-order valence-electron chi connectivity index (χ4n) is 4.07. The SMILES string of the molecule is CCC(=O)CCCCCOc1ccc(-c2nc(N3CCOCC3)nc3c2ncn3C(C)C)cc1. The quantitative estimate of drug-likeness (QED) is 0.375. The maximum Gasteiger partial charge on any atom is 0.228 e. The van der Waals surface area contributed by atoms with Crippen molar-refractivity contribution in [2.75, 3.05) is 37.8 Å². The molecule has 3 heterocycles. The van der Waals surface area contributed by atoms with Gasteiger partial charge in [-0.2, -0.15) is 4.98 Å². The number of anilines is 1. The summed E-state index contributed by atoms with van der Waals surface area (Å²) in [6.07, 6.45) is 6.05. The minimum absolute atomic E-state index is 0.251. The number of aromatic nitrogens is 4. The molecule has 0 radical (unpaired) electrons. The summed E-state index contributed by atoms with van der Waals surface area (Å²) in [6.45, 7) is 9.75. The molecule has 34 heavy (non-hydrogen) atoms. The van der Waals surface area contributed by atoms with E-state index in [2.05, 4.69) is 28.3 Å². The number of ether oxygens (including phenoxy) is 2. The molecule has 0 unspecified atom stereocenters. The molecule has 182 valence electrons. The van der Waals surface area contributed by atoms with Crippen LogP contribution in [0.2, 0.25) is 0 Å². The Balaban J connectivity index is 1.49. The molecule has 3 aromatic rings. The molecule has 8 nitrogen and oxygen atoms in total. The van der Waals surface area contributed by atoms with Crippen molar-refractivity contribution < 1.29 is 14.3 Å². The summed E-state index contributed by atoms with van der Waals surface area (Å²) < 4.78 is 13.5. The Kier molecular flexibility index (Phi) is 8.11. The Morgan fingerprint density at radius 1 is 1.09 bits per heavy atom. The van der Waals surface area contributed by atoms with Crippen LogP contribution in [-0.2, 0) is 9.53 Å². The predicted octanol–water partition coefficient (Wildman–Crippen LogP) is 4.83. The lowest BCUT2D eigenvalue weighted by atomic mass is 10.1. The van der Waals surface area contributed by atoms with Crippen LogP contribution < -0.4 is 9.64 Å². The molecule has 1 aromatic carbocycles. The molecule has 0 spiro atoms. The number of benzene rings is 1. The van der Waals surface area contributed by atoms with E-state index in [0.29, 0.717) is 38.4 Å². The molecule has 1 fully saturated rings. The van der Waals surface area contributed by atoms with Crippen LogP contribution in [0.3, 0.4) is 0 Å². The highest BCUT2D eigenvalue weighted by Crippen LogP contribution is 2.30. The molecule has 0 saturated carbocycles. The summed E-state index contributed by atoms with van der Waals surface area (Å²) in [5.41, 5.74) is 3.48. The number of morpholine rings is 1. The zero-order valence-corrected chi connectivity index (χ0v) is 20.5. The smallest absolute Gasteiger partial charge is 0.228 e. The van der Waals surface area contributed by atoms with Gasteiger partial charge in [-0.15, -0.1) is 0 Å². The third kappa shape index (κ3) is 5.73. The average Bonchev–Trinajstić information content (AvgIpc) is 3.31. The predicted molar refractivity (Wildman–Crippen MR) is 133 cm³/mol. The van der Waals surface area contributed by atoms with Gasteiger partial charge in [-0.25, -0.2) is 9.97 Å². The first kappa shape index (κ1) is 24.1. The maximum absolute atomic E-state index is 11.4. The molecule has 0 aliphatic carbocycles. The molecular formula is C26H35N5O3. The standard InChI is InChI=1S/C26H35N5O3/c1-4-21(32)8-6-5-7-15-34-22-11-9-20(10-12-22)23-24-25(31(18-27-24)19(2)3)29-26(28-23)30-13-16-33-17-14-30/h9-12,18-19H,4-8,13-17H2,1-3H3. The van der Waals surface area contributed by atoms with Crippen molar-refractivity contribution in [3.63, 3.8) is 0 Å². The molecule has 0 bridgehead atoms. The summed E-state index contributed by atoms with van der Waals surface area (Å²) in [4.78, 5) is 28.0. The highest BCUT2D eigenvalue weighted by molar-refractivity contribution is 5.88. The van der Waals surface area contributed by atoms with Gasteiger partial charge >= 0.3 is 0 Å². The second-order valence-electron chi connectivity index (χ2n) is 8.97. The fraction of sp³-hybridized carbons (Fsp3) is 0.538. The Labute approximate surface area is 201 Å². The first-order valence-corrected chi connectivity index (χ1v) is 12.4. The number of hydrogen-bond acceptors (Lipinski definition) is 7. The highest BCUT2D eigenvalue weighted by Gasteiger charge is 2.20. The summed E-state index contributed by atoms with van der Waals surface area (Å²) >= 11 is 0. The van der Waals surface area contributed by atoms with Gasteiger partial charge in [0, 0.05) is 37.5 Å². The van der Waals surface area contributed by atoms with Crippen molar-refractivity contribution in [1.82, 2.24) is 19.5 Å². The number of ketones is 1. The second kappa shape index (κ2) is 11.4. The first-order valence-electron chi connectivity index (χ1n) is 12.4. The van der Waals surface area contributed by atoms with Gasteiger partial charge in [0.05, 0.1) is 26.1 Å². The molecule has 1 aliphatic rings. The summed E-state index contributed by atoms with van der Waals surface area (Å²) in [6, 6.07) is 8.29. The molecule has 0 amide bonds. The molecule has 0 atom stereocenters. The first-order chi connectivity index (χ1) is 16.6. The molecule has 8 heteroatoms. The lowest BCUT2D eigenvalue weighted by Crippen LogP contribution is -2.37. The van der Waals surface area contributed by atoms with Crippen molar-refractivity contribution in [3.8, 4) is 17.0 Å². The Bertz CT molecular complexity index is 1090. The molecular weight excluding hydrogens is 430 g/mol. The minimum atomic E-state index is 0.251. The van der Waals surface area contributed by atoms with E-state index in [9.17, 15) is 4.79 Å². The highest BCUT2D eigenvalue weighted by atomic mass is 16.5. The van der Waals surface area contributed by atoms with Gasteiger partial charge < -0.3 is 18.9 Å². The largest absolute Gasteiger partial charge is 0.494 e. The van der Waals surface area contributed by atoms with E-state index >= 15 is 0 Å². The number of carbonyl (C=O) groups excluding carboxylic acids is 1. The average molecular weight is 466 g/mol. The van der Waals surface area contributed by atoms with Crippen LogP contribution in [0, 0.1) is 0 Å². The molecule has 1 saturated heterocycles. The van der Waals surface area contributed by atoms with E-state index in [1.165, 1.54) is 0 Å². The van der Waals surface area contributed by atoms with Crippen molar-refractivity contribution >= 4 is 22.9 Å². The van der Waals surface area contributed by atoms with Crippen LogP contribution in [0.25, 0.3) is 22.4 Å². The van der Waals surface area contributed by atoms with Gasteiger partial charge in [-0.1, -0.05) is 6.92 Å². The topological polar surface area (TPSA) is 82.4 Å². The maximum atomic E-state index is 11.4. The van der Waals surface area contributed by atoms with Gasteiger partial charge in [0.15, 0.2) is 5.65 Å². The van der Waals surface area contributed by atoms with Gasteiger partial charge in [-0.3, -0.25) is 4.79 Å². The molecule has 0 N–H and O–H groups in total. The number of unbranched alkanes of at least 4 members (excludes halogenated alkanes) is 2. The molecule has 4 rings (SSSR count). The van der Waals surface area contributed by atoms with Crippen LogP contribution in [0.4, 0.5) is 5.95 Å².